The molecule has 74 valence electrons. The van der Waals surface area contributed by atoms with Crippen LogP contribution in [0.15, 0.2) is 28.9 Å². The van der Waals surface area contributed by atoms with E-state index in [-0.39, 0.29) is 11.2 Å². The van der Waals surface area contributed by atoms with E-state index in [1.807, 2.05) is 6.07 Å². The van der Waals surface area contributed by atoms with Gasteiger partial charge in [-0.05, 0) is 17.5 Å². The second-order valence-electron chi connectivity index (χ2n) is 4.58. The predicted octanol–water partition coefficient (Wildman–Crippen LogP) is 3.44. The van der Waals surface area contributed by atoms with E-state index in [4.69, 9.17) is 4.42 Å². The summed E-state index contributed by atoms with van der Waals surface area (Å²) in [6.45, 7) is 6.43. The second-order valence-corrected chi connectivity index (χ2v) is 4.58. The number of aromatic hydroxyl groups is 1. The molecule has 14 heavy (non-hydrogen) atoms. The summed E-state index contributed by atoms with van der Waals surface area (Å²) in [5.74, 6) is 0.243. The van der Waals surface area contributed by atoms with E-state index >= 15 is 0 Å². The largest absolute Gasteiger partial charge is 0.508 e. The zero-order valence-corrected chi connectivity index (χ0v) is 8.66. The van der Waals surface area contributed by atoms with Gasteiger partial charge < -0.3 is 9.52 Å². The lowest BCUT2D eigenvalue weighted by Gasteiger charge is -2.16. The van der Waals surface area contributed by atoms with Crippen LogP contribution in [0, 0.1) is 0 Å². The monoisotopic (exact) mass is 190 g/mol. The van der Waals surface area contributed by atoms with Gasteiger partial charge in [0.1, 0.15) is 11.3 Å². The van der Waals surface area contributed by atoms with Crippen LogP contribution in [-0.2, 0) is 5.41 Å². The van der Waals surface area contributed by atoms with Crippen LogP contribution in [0.25, 0.3) is 11.0 Å². The van der Waals surface area contributed by atoms with Gasteiger partial charge >= 0.3 is 0 Å². The fourth-order valence-electron chi connectivity index (χ4n) is 1.60. The topological polar surface area (TPSA) is 33.4 Å². The summed E-state index contributed by atoms with van der Waals surface area (Å²) in [6, 6.07) is 5.23. The molecule has 0 unspecified atom stereocenters. The Morgan fingerprint density at radius 1 is 1.21 bits per heavy atom. The minimum atomic E-state index is 0.0716. The number of hydrogen-bond acceptors (Lipinski definition) is 2. The van der Waals surface area contributed by atoms with Crippen LogP contribution in [-0.4, -0.2) is 5.11 Å². The molecule has 0 aliphatic carbocycles. The highest BCUT2D eigenvalue weighted by Crippen LogP contribution is 2.32. The van der Waals surface area contributed by atoms with Crippen molar-refractivity contribution < 1.29 is 9.52 Å². The average Bonchev–Trinajstić information content (AvgIpc) is 2.45. The number of furan rings is 1. The Kier molecular flexibility index (Phi) is 1.81. The van der Waals surface area contributed by atoms with Crippen LogP contribution in [0.3, 0.4) is 0 Å². The maximum atomic E-state index is 9.28. The van der Waals surface area contributed by atoms with Crippen molar-refractivity contribution in [2.45, 2.75) is 26.2 Å². The molecule has 2 rings (SSSR count). The van der Waals surface area contributed by atoms with E-state index in [0.29, 0.717) is 0 Å². The molecule has 0 radical (unpaired) electrons. The quantitative estimate of drug-likeness (QED) is 0.690. The second kappa shape index (κ2) is 2.77. The molecule has 1 aromatic carbocycles. The van der Waals surface area contributed by atoms with E-state index in [9.17, 15) is 5.11 Å². The predicted molar refractivity (Wildman–Crippen MR) is 56.6 cm³/mol. The summed E-state index contributed by atoms with van der Waals surface area (Å²) in [7, 11) is 0. The lowest BCUT2D eigenvalue weighted by atomic mass is 9.87. The van der Waals surface area contributed by atoms with Gasteiger partial charge in [0.05, 0.1) is 6.26 Å². The molecule has 0 saturated heterocycles. The number of fused-ring (bicyclic) bond motifs is 1. The van der Waals surface area contributed by atoms with Gasteiger partial charge in [-0.1, -0.05) is 20.8 Å². The SMILES string of the molecule is CC(C)(C)c1coc2cc(O)ccc12. The number of phenols is 1. The van der Waals surface area contributed by atoms with Crippen molar-refractivity contribution in [1.82, 2.24) is 0 Å². The molecule has 0 bridgehead atoms. The third-order valence-corrected chi connectivity index (χ3v) is 2.37. The van der Waals surface area contributed by atoms with E-state index in [0.717, 1.165) is 11.0 Å². The Hall–Kier alpha value is -1.44. The number of rotatable bonds is 0. The van der Waals surface area contributed by atoms with E-state index < -0.39 is 0 Å². The third kappa shape index (κ3) is 1.37. The average molecular weight is 190 g/mol. The molecular weight excluding hydrogens is 176 g/mol. The normalized spacial score (nSPS) is 12.2. The summed E-state index contributed by atoms with van der Waals surface area (Å²) in [4.78, 5) is 0. The van der Waals surface area contributed by atoms with Crippen molar-refractivity contribution in [3.05, 3.63) is 30.0 Å². The lowest BCUT2D eigenvalue weighted by Crippen LogP contribution is -2.09. The van der Waals surface area contributed by atoms with Gasteiger partial charge in [-0.25, -0.2) is 0 Å². The molecule has 1 N–H and O–H groups in total. The maximum absolute atomic E-state index is 9.28. The molecule has 2 aromatic rings. The molecule has 0 fully saturated rings. The van der Waals surface area contributed by atoms with Gasteiger partial charge in [-0.3, -0.25) is 0 Å². The molecule has 0 spiro atoms. The number of benzene rings is 1. The minimum Gasteiger partial charge on any atom is -0.508 e. The Balaban J connectivity index is 2.70. The lowest BCUT2D eigenvalue weighted by molar-refractivity contribution is 0.474. The van der Waals surface area contributed by atoms with Gasteiger partial charge in [0.15, 0.2) is 0 Å². The summed E-state index contributed by atoms with van der Waals surface area (Å²) < 4.78 is 5.40. The van der Waals surface area contributed by atoms with Crippen LogP contribution < -0.4 is 0 Å². The highest BCUT2D eigenvalue weighted by molar-refractivity contribution is 5.83. The van der Waals surface area contributed by atoms with Gasteiger partial charge in [0, 0.05) is 17.0 Å². The van der Waals surface area contributed by atoms with Gasteiger partial charge in [0.2, 0.25) is 0 Å². The zero-order chi connectivity index (χ0) is 10.3. The van der Waals surface area contributed by atoms with E-state index in [1.165, 1.54) is 5.56 Å². The van der Waals surface area contributed by atoms with Gasteiger partial charge in [-0.15, -0.1) is 0 Å². The number of phenolic OH excluding ortho intramolecular Hbond substituents is 1. The van der Waals surface area contributed by atoms with Crippen LogP contribution >= 0.6 is 0 Å². The summed E-state index contributed by atoms with van der Waals surface area (Å²) in [5, 5.41) is 10.4. The van der Waals surface area contributed by atoms with Crippen LogP contribution in [0.1, 0.15) is 26.3 Å². The molecule has 2 heteroatoms. The molecule has 0 saturated carbocycles. The third-order valence-electron chi connectivity index (χ3n) is 2.37. The maximum Gasteiger partial charge on any atom is 0.137 e. The first-order valence-corrected chi connectivity index (χ1v) is 4.69. The standard InChI is InChI=1S/C12H14O2/c1-12(2,3)10-7-14-11-6-8(13)4-5-9(10)11/h4-7,13H,1-3H3. The van der Waals surface area contributed by atoms with Crippen LogP contribution in [0.2, 0.25) is 0 Å². The molecule has 1 aromatic heterocycles. The first kappa shape index (κ1) is 9.13. The Morgan fingerprint density at radius 2 is 1.93 bits per heavy atom. The van der Waals surface area contributed by atoms with Crippen LogP contribution in [0.4, 0.5) is 0 Å². The Morgan fingerprint density at radius 3 is 2.57 bits per heavy atom. The van der Waals surface area contributed by atoms with E-state index in [1.54, 1.807) is 18.4 Å². The summed E-state index contributed by atoms with van der Waals surface area (Å²) in [5.41, 5.74) is 1.99. The molecule has 1 heterocycles. The Bertz CT molecular complexity index is 461. The Labute approximate surface area is 83.2 Å². The minimum absolute atomic E-state index is 0.0716. The summed E-state index contributed by atoms with van der Waals surface area (Å²) >= 11 is 0. The molecule has 0 amide bonds. The van der Waals surface area contributed by atoms with Gasteiger partial charge in [0.25, 0.3) is 0 Å². The van der Waals surface area contributed by atoms with E-state index in [2.05, 4.69) is 20.8 Å². The molecule has 0 atom stereocenters. The highest BCUT2D eigenvalue weighted by Gasteiger charge is 2.19. The summed E-state index contributed by atoms with van der Waals surface area (Å²) in [6.07, 6.45) is 1.77. The van der Waals surface area contributed by atoms with Crippen molar-refractivity contribution in [3.63, 3.8) is 0 Å². The molecule has 0 aliphatic rings. The first-order chi connectivity index (χ1) is 6.48. The first-order valence-electron chi connectivity index (χ1n) is 4.69. The number of hydrogen-bond donors (Lipinski definition) is 1. The van der Waals surface area contributed by atoms with Crippen LogP contribution in [0.5, 0.6) is 5.75 Å². The van der Waals surface area contributed by atoms with Crippen molar-refractivity contribution in [2.75, 3.05) is 0 Å². The molecule has 0 aliphatic heterocycles. The van der Waals surface area contributed by atoms with Crippen molar-refractivity contribution in [2.24, 2.45) is 0 Å². The smallest absolute Gasteiger partial charge is 0.137 e. The molecule has 2 nitrogen and oxygen atoms in total. The fourth-order valence-corrected chi connectivity index (χ4v) is 1.60. The molecular formula is C12H14O2. The van der Waals surface area contributed by atoms with Crippen molar-refractivity contribution in [1.29, 1.82) is 0 Å². The van der Waals surface area contributed by atoms with Crippen molar-refractivity contribution >= 4 is 11.0 Å². The van der Waals surface area contributed by atoms with Gasteiger partial charge in [-0.2, -0.15) is 0 Å². The fraction of sp³-hybridized carbons (Fsp3) is 0.333. The zero-order valence-electron chi connectivity index (χ0n) is 8.66. The highest BCUT2D eigenvalue weighted by atomic mass is 16.3. The van der Waals surface area contributed by atoms with Crippen molar-refractivity contribution in [3.8, 4) is 5.75 Å².